The van der Waals surface area contributed by atoms with Crippen LogP contribution in [0.25, 0.3) is 22.1 Å². The normalized spacial score (nSPS) is 20.8. The fourth-order valence-electron chi connectivity index (χ4n) is 6.28. The van der Waals surface area contributed by atoms with Crippen molar-refractivity contribution in [2.75, 3.05) is 0 Å². The van der Waals surface area contributed by atoms with Gasteiger partial charge in [-0.15, -0.1) is 0 Å². The van der Waals surface area contributed by atoms with Gasteiger partial charge in [0, 0.05) is 5.56 Å². The highest BCUT2D eigenvalue weighted by atomic mass is 16.5. The number of hydrogen-bond acceptors (Lipinski definition) is 6. The van der Waals surface area contributed by atoms with E-state index in [1.165, 1.54) is 19.3 Å². The van der Waals surface area contributed by atoms with Crippen molar-refractivity contribution in [3.05, 3.63) is 76.1 Å². The molecule has 6 nitrogen and oxygen atoms in total. The van der Waals surface area contributed by atoms with Crippen LogP contribution in [0.3, 0.4) is 0 Å². The third-order valence-corrected chi connectivity index (χ3v) is 8.01. The van der Waals surface area contributed by atoms with E-state index in [-0.39, 0.29) is 11.0 Å². The third-order valence-electron chi connectivity index (χ3n) is 8.01. The van der Waals surface area contributed by atoms with Crippen LogP contribution in [-0.2, 0) is 6.42 Å². The number of aryl methyl sites for hydroxylation is 1. The summed E-state index contributed by atoms with van der Waals surface area (Å²) in [6.45, 7) is 1.70. The second-order valence-corrected chi connectivity index (χ2v) is 10.2. The van der Waals surface area contributed by atoms with Crippen LogP contribution in [0.2, 0.25) is 0 Å². The average molecular weight is 485 g/mol. The molecule has 184 valence electrons. The highest BCUT2D eigenvalue weighted by Crippen LogP contribution is 2.52. The van der Waals surface area contributed by atoms with Crippen molar-refractivity contribution in [1.29, 1.82) is 0 Å². The number of para-hydroxylation sites is 1. The van der Waals surface area contributed by atoms with Crippen LogP contribution in [0.5, 0.6) is 28.7 Å². The first kappa shape index (κ1) is 22.5. The molecule has 6 heteroatoms. The molecule has 2 fully saturated rings. The highest BCUT2D eigenvalue weighted by Gasteiger charge is 2.40. The van der Waals surface area contributed by atoms with E-state index in [4.69, 9.17) is 9.15 Å². The minimum absolute atomic E-state index is 0.103. The number of benzene rings is 3. The molecular weight excluding hydrogens is 456 g/mol. The van der Waals surface area contributed by atoms with Crippen molar-refractivity contribution in [1.82, 2.24) is 0 Å². The Bertz CT molecular complexity index is 1500. The molecule has 0 spiro atoms. The van der Waals surface area contributed by atoms with E-state index < -0.39 is 22.7 Å². The van der Waals surface area contributed by atoms with E-state index >= 15 is 0 Å². The first-order valence-electron chi connectivity index (χ1n) is 12.5. The van der Waals surface area contributed by atoms with Gasteiger partial charge in [-0.1, -0.05) is 36.8 Å². The zero-order chi connectivity index (χ0) is 25.0. The molecule has 1 aromatic heterocycles. The molecule has 0 radical (unpaired) electrons. The van der Waals surface area contributed by atoms with Crippen molar-refractivity contribution in [3.63, 3.8) is 0 Å². The number of rotatable bonds is 5. The van der Waals surface area contributed by atoms with E-state index in [1.54, 1.807) is 31.2 Å². The number of phenols is 3. The summed E-state index contributed by atoms with van der Waals surface area (Å²) in [7, 11) is 0. The van der Waals surface area contributed by atoms with Gasteiger partial charge < -0.3 is 24.5 Å². The third kappa shape index (κ3) is 3.68. The highest BCUT2D eigenvalue weighted by molar-refractivity contribution is 5.94. The molecule has 4 aromatic rings. The number of aromatic hydroxyl groups is 3. The number of hydrogen-bond donors (Lipinski definition) is 3. The Morgan fingerprint density at radius 1 is 0.889 bits per heavy atom. The fraction of sp³-hybridized carbons (Fsp3) is 0.300. The van der Waals surface area contributed by atoms with Gasteiger partial charge in [-0.3, -0.25) is 4.79 Å². The molecule has 3 N–H and O–H groups in total. The Kier molecular flexibility index (Phi) is 5.40. The summed E-state index contributed by atoms with van der Waals surface area (Å²) in [4.78, 5) is 13.7. The van der Waals surface area contributed by atoms with Crippen molar-refractivity contribution < 1.29 is 24.5 Å². The molecule has 3 atom stereocenters. The van der Waals surface area contributed by atoms with Crippen molar-refractivity contribution in [2.24, 2.45) is 17.8 Å². The second-order valence-electron chi connectivity index (χ2n) is 10.2. The summed E-state index contributed by atoms with van der Waals surface area (Å²) < 4.78 is 12.0. The van der Waals surface area contributed by atoms with Crippen LogP contribution in [0.1, 0.15) is 37.0 Å². The summed E-state index contributed by atoms with van der Waals surface area (Å²) in [5.74, 6) is 1.64. The molecule has 3 unspecified atom stereocenters. The van der Waals surface area contributed by atoms with E-state index in [9.17, 15) is 20.1 Å². The predicted octanol–water partition coefficient (Wildman–Crippen LogP) is 6.66. The Hall–Kier alpha value is -3.93. The Labute approximate surface area is 208 Å². The van der Waals surface area contributed by atoms with Gasteiger partial charge in [0.05, 0.1) is 5.56 Å². The van der Waals surface area contributed by atoms with Gasteiger partial charge in [-0.25, -0.2) is 0 Å². The van der Waals surface area contributed by atoms with Crippen LogP contribution < -0.4 is 10.2 Å². The van der Waals surface area contributed by atoms with E-state index in [0.29, 0.717) is 58.1 Å². The van der Waals surface area contributed by atoms with Crippen LogP contribution in [0.15, 0.2) is 63.8 Å². The molecule has 2 aliphatic carbocycles. The zero-order valence-corrected chi connectivity index (χ0v) is 20.0. The molecule has 2 bridgehead atoms. The molecule has 6 rings (SSSR count). The smallest absolute Gasteiger partial charge is 0.204 e. The number of fused-ring (bicyclic) bond motifs is 3. The topological polar surface area (TPSA) is 100 Å². The summed E-state index contributed by atoms with van der Waals surface area (Å²) in [6.07, 6.45) is 5.21. The summed E-state index contributed by atoms with van der Waals surface area (Å²) in [6, 6.07) is 16.4. The van der Waals surface area contributed by atoms with Gasteiger partial charge in [0.1, 0.15) is 28.2 Å². The van der Waals surface area contributed by atoms with Crippen LogP contribution in [0.4, 0.5) is 0 Å². The molecule has 3 aromatic carbocycles. The molecule has 36 heavy (non-hydrogen) atoms. The minimum Gasteiger partial charge on any atom is -0.504 e. The lowest BCUT2D eigenvalue weighted by Gasteiger charge is -2.23. The maximum atomic E-state index is 13.7. The summed E-state index contributed by atoms with van der Waals surface area (Å²) in [5.41, 5.74) is 0.995. The first-order valence-corrected chi connectivity index (χ1v) is 12.5. The molecule has 0 aliphatic heterocycles. The maximum Gasteiger partial charge on any atom is 0.204 e. The molecule has 1 heterocycles. The average Bonchev–Trinajstić information content (AvgIpc) is 3.50. The van der Waals surface area contributed by atoms with E-state index in [2.05, 4.69) is 0 Å². The lowest BCUT2D eigenvalue weighted by Crippen LogP contribution is -2.15. The maximum absolute atomic E-state index is 13.7. The number of phenolic OH excluding ortho intramolecular Hbond substituents is 3. The SMILES string of the molecule is Cc1oc2c(CC3CC4CCC3C4)c(O)c(O)c(O)c2c(=O)c1-c1ccc(Oc2ccccc2)cc1. The minimum atomic E-state index is -0.672. The largest absolute Gasteiger partial charge is 0.504 e. The Morgan fingerprint density at radius 3 is 2.28 bits per heavy atom. The molecule has 0 saturated heterocycles. The molecule has 0 amide bonds. The van der Waals surface area contributed by atoms with Gasteiger partial charge in [-0.05, 0) is 80.2 Å². The van der Waals surface area contributed by atoms with E-state index in [0.717, 1.165) is 6.42 Å². The standard InChI is InChI=1S/C30H28O6/c1-16-24(18-9-11-22(12-10-18)36-21-5-3-2-4-6-21)27(32)25-28(33)29(34)26(31)23(30(25)35-16)15-20-14-17-7-8-19(20)13-17/h2-6,9-12,17,19-20,31,33-34H,7-8,13-15H2,1H3. The molecular formula is C30H28O6. The predicted molar refractivity (Wildman–Crippen MR) is 137 cm³/mol. The van der Waals surface area contributed by atoms with Gasteiger partial charge in [-0.2, -0.15) is 0 Å². The molecule has 2 aliphatic rings. The van der Waals surface area contributed by atoms with Gasteiger partial charge in [0.25, 0.3) is 0 Å². The van der Waals surface area contributed by atoms with Crippen molar-refractivity contribution in [2.45, 2.75) is 39.0 Å². The second kappa shape index (κ2) is 8.63. The van der Waals surface area contributed by atoms with Crippen LogP contribution in [-0.4, -0.2) is 15.3 Å². The monoisotopic (exact) mass is 484 g/mol. The summed E-state index contributed by atoms with van der Waals surface area (Å²) >= 11 is 0. The number of ether oxygens (including phenoxy) is 1. The summed E-state index contributed by atoms with van der Waals surface area (Å²) in [5, 5.41) is 31.9. The molecule has 2 saturated carbocycles. The lowest BCUT2D eigenvalue weighted by molar-refractivity contribution is 0.322. The first-order chi connectivity index (χ1) is 17.4. The quantitative estimate of drug-likeness (QED) is 0.274. The van der Waals surface area contributed by atoms with Crippen molar-refractivity contribution >= 4 is 11.0 Å². The van der Waals surface area contributed by atoms with Gasteiger partial charge >= 0.3 is 0 Å². The van der Waals surface area contributed by atoms with Crippen molar-refractivity contribution in [3.8, 4) is 39.9 Å². The lowest BCUT2D eigenvalue weighted by atomic mass is 9.83. The Balaban J connectivity index is 1.42. The van der Waals surface area contributed by atoms with Gasteiger partial charge in [0.2, 0.25) is 11.2 Å². The van der Waals surface area contributed by atoms with Crippen LogP contribution >= 0.6 is 0 Å². The Morgan fingerprint density at radius 2 is 1.61 bits per heavy atom. The van der Waals surface area contributed by atoms with Gasteiger partial charge in [0.15, 0.2) is 11.5 Å². The van der Waals surface area contributed by atoms with Crippen LogP contribution in [0, 0.1) is 24.7 Å². The van der Waals surface area contributed by atoms with E-state index in [1.807, 2.05) is 30.3 Å². The fourth-order valence-corrected chi connectivity index (χ4v) is 6.28. The zero-order valence-electron chi connectivity index (χ0n) is 20.0.